The third kappa shape index (κ3) is 8.83. The minimum Gasteiger partial charge on any atom is -0.489 e. The molecule has 3 rings (SSSR count). The third-order valence-electron chi connectivity index (χ3n) is 5.86. The number of carbonyl (C=O) groups is 1. The number of thiophene rings is 1. The van der Waals surface area contributed by atoms with E-state index in [2.05, 4.69) is 5.32 Å². The van der Waals surface area contributed by atoms with Gasteiger partial charge in [-0.2, -0.15) is 0 Å². The molecule has 0 radical (unpaired) electrons. The smallest absolute Gasteiger partial charge is 0.344 e. The molecule has 7 nitrogen and oxygen atoms in total. The number of sulfone groups is 1. The van der Waals surface area contributed by atoms with Gasteiger partial charge in [-0.1, -0.05) is 11.6 Å². The number of carbonyl (C=O) groups excluding carboxylic acids is 1. The maximum atomic E-state index is 13.0. The summed E-state index contributed by atoms with van der Waals surface area (Å²) in [6.07, 6.45) is 0.356. The molecule has 0 spiro atoms. The predicted molar refractivity (Wildman–Crippen MR) is 158 cm³/mol. The first-order valence-electron chi connectivity index (χ1n) is 12.9. The van der Waals surface area contributed by atoms with Crippen LogP contribution in [0.4, 0.5) is 0 Å². The van der Waals surface area contributed by atoms with Crippen molar-refractivity contribution in [2.24, 2.45) is 0 Å². The van der Waals surface area contributed by atoms with Gasteiger partial charge in [0.1, 0.15) is 27.4 Å². The molecule has 1 atom stereocenters. The van der Waals surface area contributed by atoms with E-state index >= 15 is 0 Å². The number of halogens is 1. The molecule has 3 aromatic rings. The van der Waals surface area contributed by atoms with Gasteiger partial charge in [0.2, 0.25) is 0 Å². The Morgan fingerprint density at radius 2 is 1.77 bits per heavy atom. The summed E-state index contributed by atoms with van der Waals surface area (Å²) in [4.78, 5) is 12.0. The predicted octanol–water partition coefficient (Wildman–Crippen LogP) is 6.42. The van der Waals surface area contributed by atoms with Gasteiger partial charge in [0, 0.05) is 16.3 Å². The summed E-state index contributed by atoms with van der Waals surface area (Å²) in [5.74, 6) is 0.988. The van der Waals surface area contributed by atoms with E-state index in [9.17, 15) is 13.2 Å². The molecule has 0 fully saturated rings. The van der Waals surface area contributed by atoms with E-state index in [4.69, 9.17) is 25.8 Å². The topological polar surface area (TPSA) is 90.9 Å². The van der Waals surface area contributed by atoms with Crippen LogP contribution in [0.2, 0.25) is 5.02 Å². The highest BCUT2D eigenvalue weighted by atomic mass is 35.5. The van der Waals surface area contributed by atoms with Crippen LogP contribution in [0.15, 0.2) is 34.5 Å². The van der Waals surface area contributed by atoms with Crippen molar-refractivity contribution in [2.45, 2.75) is 70.8 Å². The van der Waals surface area contributed by atoms with Gasteiger partial charge < -0.3 is 19.5 Å². The monoisotopic (exact) mass is 595 g/mol. The summed E-state index contributed by atoms with van der Waals surface area (Å²) < 4.78 is 44.4. The molecule has 0 aliphatic rings. The molecule has 0 amide bonds. The molecular formula is C29H38ClNO6S2. The third-order valence-corrected chi connectivity index (χ3v) is 9.87. The van der Waals surface area contributed by atoms with Gasteiger partial charge in [-0.3, -0.25) is 0 Å². The van der Waals surface area contributed by atoms with Crippen molar-refractivity contribution in [1.82, 2.24) is 5.32 Å². The van der Waals surface area contributed by atoms with Crippen LogP contribution in [0.3, 0.4) is 0 Å². The Labute approximate surface area is 240 Å². The number of hydrogen-bond donors (Lipinski definition) is 1. The van der Waals surface area contributed by atoms with E-state index in [-0.39, 0.29) is 18.5 Å². The van der Waals surface area contributed by atoms with Gasteiger partial charge in [0.05, 0.1) is 5.75 Å². The van der Waals surface area contributed by atoms with Crippen LogP contribution in [-0.4, -0.2) is 51.5 Å². The Morgan fingerprint density at radius 3 is 2.41 bits per heavy atom. The van der Waals surface area contributed by atoms with Crippen LogP contribution in [0.25, 0.3) is 10.1 Å². The van der Waals surface area contributed by atoms with E-state index in [0.29, 0.717) is 40.2 Å². The first kappa shape index (κ1) is 31.2. The van der Waals surface area contributed by atoms with Gasteiger partial charge in [-0.15, -0.1) is 11.3 Å². The number of esters is 1. The molecule has 214 valence electrons. The first-order chi connectivity index (χ1) is 18.2. The van der Waals surface area contributed by atoms with Crippen LogP contribution in [0, 0.1) is 20.8 Å². The van der Waals surface area contributed by atoms with E-state index in [1.807, 2.05) is 72.7 Å². The van der Waals surface area contributed by atoms with Crippen molar-refractivity contribution in [1.29, 1.82) is 0 Å². The standard InChI is InChI=1S/C29H38ClNO6S2/c1-18-13-23(14-19(2)27(18)35-17-26(32)37-29(5,6)7)36-20(3)16-31-11-8-12-39(33,34)28-21(4)24-15-22(30)9-10-25(24)38-28/h9-10,13-15,20,31H,8,11-12,16-17H2,1-7H3. The summed E-state index contributed by atoms with van der Waals surface area (Å²) in [5, 5.41) is 4.78. The lowest BCUT2D eigenvalue weighted by atomic mass is 10.1. The SMILES string of the molecule is Cc1cc(OC(C)CNCCCS(=O)(=O)c2sc3ccc(Cl)cc3c2C)cc(C)c1OCC(=O)OC(C)(C)C. The molecule has 2 aromatic carbocycles. The number of benzene rings is 2. The second kappa shape index (κ2) is 12.9. The fourth-order valence-corrected chi connectivity index (χ4v) is 7.64. The molecule has 10 heteroatoms. The molecule has 1 unspecified atom stereocenters. The Kier molecular flexibility index (Phi) is 10.3. The zero-order valence-electron chi connectivity index (χ0n) is 23.6. The summed E-state index contributed by atoms with van der Waals surface area (Å²) in [6.45, 7) is 14.0. The summed E-state index contributed by atoms with van der Waals surface area (Å²) in [6, 6.07) is 9.21. The van der Waals surface area contributed by atoms with Crippen LogP contribution in [-0.2, 0) is 19.4 Å². The molecule has 0 aliphatic carbocycles. The normalized spacial score (nSPS) is 12.9. The molecule has 0 saturated heterocycles. The highest BCUT2D eigenvalue weighted by Gasteiger charge is 2.22. The molecule has 0 bridgehead atoms. The van der Waals surface area contributed by atoms with E-state index in [1.54, 1.807) is 6.07 Å². The number of nitrogens with one attached hydrogen (secondary N) is 1. The molecule has 1 N–H and O–H groups in total. The van der Waals surface area contributed by atoms with Crippen molar-refractivity contribution in [3.8, 4) is 11.5 Å². The summed E-state index contributed by atoms with van der Waals surface area (Å²) in [5.41, 5.74) is 1.92. The maximum Gasteiger partial charge on any atom is 0.344 e. The molecule has 0 aliphatic heterocycles. The average molecular weight is 596 g/mol. The van der Waals surface area contributed by atoms with Crippen LogP contribution in [0.1, 0.15) is 50.8 Å². The number of aryl methyl sites for hydroxylation is 3. The summed E-state index contributed by atoms with van der Waals surface area (Å²) >= 11 is 7.39. The minimum absolute atomic E-state index is 0.0692. The second-order valence-corrected chi connectivity index (χ2v) is 14.5. The van der Waals surface area contributed by atoms with Gasteiger partial charge in [0.25, 0.3) is 0 Å². The summed E-state index contributed by atoms with van der Waals surface area (Å²) in [7, 11) is -3.38. The molecule has 0 saturated carbocycles. The van der Waals surface area contributed by atoms with Crippen molar-refractivity contribution in [2.75, 3.05) is 25.4 Å². The van der Waals surface area contributed by atoms with Gasteiger partial charge >= 0.3 is 5.97 Å². The average Bonchev–Trinajstić information content (AvgIpc) is 3.13. The largest absolute Gasteiger partial charge is 0.489 e. The maximum absolute atomic E-state index is 13.0. The Morgan fingerprint density at radius 1 is 1.10 bits per heavy atom. The number of ether oxygens (including phenoxy) is 3. The molecule has 1 aromatic heterocycles. The van der Waals surface area contributed by atoms with E-state index < -0.39 is 21.4 Å². The van der Waals surface area contributed by atoms with Gasteiger partial charge in [0.15, 0.2) is 16.4 Å². The zero-order valence-corrected chi connectivity index (χ0v) is 26.0. The number of fused-ring (bicyclic) bond motifs is 1. The fourth-order valence-electron chi connectivity index (χ4n) is 4.23. The van der Waals surface area contributed by atoms with E-state index in [0.717, 1.165) is 26.8 Å². The number of hydrogen-bond acceptors (Lipinski definition) is 8. The van der Waals surface area contributed by atoms with Crippen molar-refractivity contribution >= 4 is 48.8 Å². The second-order valence-electron chi connectivity index (χ2n) is 10.7. The van der Waals surface area contributed by atoms with Gasteiger partial charge in [-0.05, 0) is 114 Å². The number of rotatable bonds is 12. The lowest BCUT2D eigenvalue weighted by molar-refractivity contribution is -0.157. The Balaban J connectivity index is 1.46. The quantitative estimate of drug-likeness (QED) is 0.191. The molecule has 1 heterocycles. The zero-order chi connectivity index (χ0) is 29.0. The van der Waals surface area contributed by atoms with Crippen molar-refractivity contribution < 1.29 is 27.4 Å². The van der Waals surface area contributed by atoms with Crippen molar-refractivity contribution in [3.63, 3.8) is 0 Å². The fraction of sp³-hybridized carbons (Fsp3) is 0.483. The van der Waals surface area contributed by atoms with E-state index in [1.165, 1.54) is 11.3 Å². The first-order valence-corrected chi connectivity index (χ1v) is 15.8. The molecule has 39 heavy (non-hydrogen) atoms. The Hall–Kier alpha value is -2.33. The highest BCUT2D eigenvalue weighted by Crippen LogP contribution is 2.36. The van der Waals surface area contributed by atoms with Crippen LogP contribution < -0.4 is 14.8 Å². The molecular weight excluding hydrogens is 558 g/mol. The minimum atomic E-state index is -3.38. The Bertz CT molecular complexity index is 1400. The van der Waals surface area contributed by atoms with Gasteiger partial charge in [-0.25, -0.2) is 13.2 Å². The highest BCUT2D eigenvalue weighted by molar-refractivity contribution is 7.93. The van der Waals surface area contributed by atoms with Crippen LogP contribution >= 0.6 is 22.9 Å². The lowest BCUT2D eigenvalue weighted by Gasteiger charge is -2.21. The van der Waals surface area contributed by atoms with Crippen molar-refractivity contribution in [3.05, 3.63) is 52.0 Å². The lowest BCUT2D eigenvalue weighted by Crippen LogP contribution is -2.30. The van der Waals surface area contributed by atoms with Crippen LogP contribution in [0.5, 0.6) is 11.5 Å².